The third-order valence-corrected chi connectivity index (χ3v) is 5.30. The Bertz CT molecular complexity index is 897. The molecular formula is C22H30N4O3. The first-order valence-electron chi connectivity index (χ1n) is 9.82. The lowest BCUT2D eigenvalue weighted by atomic mass is 9.79. The van der Waals surface area contributed by atoms with E-state index >= 15 is 0 Å². The Morgan fingerprint density at radius 3 is 2.28 bits per heavy atom. The van der Waals surface area contributed by atoms with Gasteiger partial charge in [0.2, 0.25) is 0 Å². The second kappa shape index (κ2) is 7.63. The van der Waals surface area contributed by atoms with Crippen LogP contribution in [0.5, 0.6) is 0 Å². The smallest absolute Gasteiger partial charge is 0.356 e. The van der Waals surface area contributed by atoms with Crippen molar-refractivity contribution < 1.29 is 14.3 Å². The van der Waals surface area contributed by atoms with E-state index in [1.54, 1.807) is 25.4 Å². The van der Waals surface area contributed by atoms with E-state index in [0.29, 0.717) is 16.8 Å². The Labute approximate surface area is 171 Å². The number of benzene rings is 1. The molecule has 156 valence electrons. The maximum absolute atomic E-state index is 12.8. The van der Waals surface area contributed by atoms with E-state index in [9.17, 15) is 9.59 Å². The van der Waals surface area contributed by atoms with E-state index in [-0.39, 0.29) is 23.0 Å². The van der Waals surface area contributed by atoms with Gasteiger partial charge in [0.05, 0.1) is 13.3 Å². The molecule has 1 aliphatic heterocycles. The molecule has 1 aliphatic rings. The van der Waals surface area contributed by atoms with Gasteiger partial charge in [-0.1, -0.05) is 12.1 Å². The fourth-order valence-corrected chi connectivity index (χ4v) is 4.48. The van der Waals surface area contributed by atoms with Gasteiger partial charge in [0.25, 0.3) is 5.91 Å². The summed E-state index contributed by atoms with van der Waals surface area (Å²) in [6.07, 6.45) is 3.37. The summed E-state index contributed by atoms with van der Waals surface area (Å²) in [4.78, 5) is 24.8. The minimum Gasteiger partial charge on any atom is -0.464 e. The van der Waals surface area contributed by atoms with Crippen LogP contribution in [0.3, 0.4) is 0 Å². The van der Waals surface area contributed by atoms with Gasteiger partial charge in [0.1, 0.15) is 0 Å². The highest BCUT2D eigenvalue weighted by Gasteiger charge is 2.38. The normalized spacial score (nSPS) is 18.3. The highest BCUT2D eigenvalue weighted by atomic mass is 16.5. The molecule has 1 fully saturated rings. The van der Waals surface area contributed by atoms with Crippen LogP contribution in [0.4, 0.5) is 0 Å². The van der Waals surface area contributed by atoms with E-state index < -0.39 is 5.97 Å². The number of carbonyl (C=O) groups excluding carboxylic acids is 2. The van der Waals surface area contributed by atoms with Crippen molar-refractivity contribution in [3.63, 3.8) is 0 Å². The second-order valence-electron chi connectivity index (χ2n) is 9.07. The maximum Gasteiger partial charge on any atom is 0.356 e. The molecule has 0 aliphatic carbocycles. The summed E-state index contributed by atoms with van der Waals surface area (Å²) in [6.45, 7) is 8.65. The molecule has 1 aromatic carbocycles. The summed E-state index contributed by atoms with van der Waals surface area (Å²) >= 11 is 0. The quantitative estimate of drug-likeness (QED) is 0.774. The summed E-state index contributed by atoms with van der Waals surface area (Å²) in [5.41, 5.74) is 2.38. The molecule has 0 radical (unpaired) electrons. The molecule has 2 N–H and O–H groups in total. The van der Waals surface area contributed by atoms with Crippen LogP contribution in [-0.2, 0) is 11.8 Å². The standard InChI is InChI=1S/C22H30N4O3/c1-21(2)11-16(12-22(3,4)25-21)24-19(27)15-9-7-14(8-10-15)17-13-23-26(5)18(17)20(28)29-6/h7-10,13,16,25H,11-12H2,1-6H3,(H,24,27). The second-order valence-corrected chi connectivity index (χ2v) is 9.07. The van der Waals surface area contributed by atoms with Crippen LogP contribution in [0.2, 0.25) is 0 Å². The highest BCUT2D eigenvalue weighted by molar-refractivity contribution is 5.97. The predicted molar refractivity (Wildman–Crippen MR) is 112 cm³/mol. The minimum atomic E-state index is -0.446. The molecule has 2 heterocycles. The van der Waals surface area contributed by atoms with Crippen molar-refractivity contribution in [3.05, 3.63) is 41.7 Å². The van der Waals surface area contributed by atoms with Crippen LogP contribution in [0, 0.1) is 0 Å². The van der Waals surface area contributed by atoms with Gasteiger partial charge in [0.15, 0.2) is 5.69 Å². The number of hydrogen-bond donors (Lipinski definition) is 2. The van der Waals surface area contributed by atoms with Crippen LogP contribution in [0.15, 0.2) is 30.5 Å². The number of piperidine rings is 1. The number of hydrogen-bond acceptors (Lipinski definition) is 5. The lowest BCUT2D eigenvalue weighted by molar-refractivity contribution is 0.0589. The van der Waals surface area contributed by atoms with Crippen LogP contribution in [-0.4, -0.2) is 45.9 Å². The van der Waals surface area contributed by atoms with Gasteiger partial charge in [-0.3, -0.25) is 9.48 Å². The van der Waals surface area contributed by atoms with Gasteiger partial charge >= 0.3 is 5.97 Å². The fraction of sp³-hybridized carbons (Fsp3) is 0.500. The van der Waals surface area contributed by atoms with Crippen LogP contribution >= 0.6 is 0 Å². The molecule has 0 unspecified atom stereocenters. The van der Waals surface area contributed by atoms with Crippen molar-refractivity contribution in [1.29, 1.82) is 0 Å². The number of esters is 1. The Hall–Kier alpha value is -2.67. The third kappa shape index (κ3) is 4.67. The van der Waals surface area contributed by atoms with Gasteiger partial charge < -0.3 is 15.4 Å². The number of nitrogens with one attached hydrogen (secondary N) is 2. The Morgan fingerprint density at radius 1 is 1.14 bits per heavy atom. The van der Waals surface area contributed by atoms with E-state index in [1.807, 2.05) is 12.1 Å². The lowest BCUT2D eigenvalue weighted by Gasteiger charge is -2.46. The SMILES string of the molecule is COC(=O)c1c(-c2ccc(C(=O)NC3CC(C)(C)NC(C)(C)C3)cc2)cnn1C. The van der Waals surface area contributed by atoms with Crippen LogP contribution in [0.25, 0.3) is 11.1 Å². The van der Waals surface area contributed by atoms with Gasteiger partial charge in [-0.2, -0.15) is 5.10 Å². The highest BCUT2D eigenvalue weighted by Crippen LogP contribution is 2.29. The van der Waals surface area contributed by atoms with Crippen molar-refractivity contribution in [3.8, 4) is 11.1 Å². The zero-order valence-electron chi connectivity index (χ0n) is 18.0. The zero-order valence-corrected chi connectivity index (χ0v) is 18.0. The summed E-state index contributed by atoms with van der Waals surface area (Å²) in [7, 11) is 3.04. The number of carbonyl (C=O) groups is 2. The molecular weight excluding hydrogens is 368 g/mol. The van der Waals surface area contributed by atoms with Gasteiger partial charge in [-0.05, 0) is 58.2 Å². The maximum atomic E-state index is 12.8. The first-order chi connectivity index (χ1) is 13.5. The Kier molecular flexibility index (Phi) is 5.54. The molecule has 0 saturated carbocycles. The summed E-state index contributed by atoms with van der Waals surface area (Å²) < 4.78 is 6.34. The Morgan fingerprint density at radius 2 is 1.72 bits per heavy atom. The van der Waals surface area contributed by atoms with Gasteiger partial charge in [-0.15, -0.1) is 0 Å². The number of aryl methyl sites for hydroxylation is 1. The van der Waals surface area contributed by atoms with Crippen LogP contribution < -0.4 is 10.6 Å². The zero-order chi connectivity index (χ0) is 21.4. The number of ether oxygens (including phenoxy) is 1. The van der Waals surface area contributed by atoms with Crippen molar-refractivity contribution in [2.45, 2.75) is 57.7 Å². The molecule has 0 spiro atoms. The molecule has 1 saturated heterocycles. The molecule has 2 aromatic rings. The van der Waals surface area contributed by atoms with Crippen molar-refractivity contribution in [1.82, 2.24) is 20.4 Å². The first kappa shape index (κ1) is 21.0. The first-order valence-corrected chi connectivity index (χ1v) is 9.82. The van der Waals surface area contributed by atoms with Gasteiger partial charge in [0, 0.05) is 35.3 Å². The van der Waals surface area contributed by atoms with Crippen molar-refractivity contribution >= 4 is 11.9 Å². The molecule has 7 heteroatoms. The largest absolute Gasteiger partial charge is 0.464 e. The molecule has 7 nitrogen and oxygen atoms in total. The molecule has 1 aromatic heterocycles. The van der Waals surface area contributed by atoms with Crippen LogP contribution in [0.1, 0.15) is 61.4 Å². The van der Waals surface area contributed by atoms with E-state index in [0.717, 1.165) is 18.4 Å². The molecule has 0 bridgehead atoms. The summed E-state index contributed by atoms with van der Waals surface area (Å²) in [5.74, 6) is -0.535. The lowest BCUT2D eigenvalue weighted by Crippen LogP contribution is -2.62. The predicted octanol–water partition coefficient (Wildman–Crippen LogP) is 2.91. The Balaban J connectivity index is 1.76. The third-order valence-electron chi connectivity index (χ3n) is 5.30. The number of rotatable bonds is 4. The number of aromatic nitrogens is 2. The average molecular weight is 399 g/mol. The average Bonchev–Trinajstić information content (AvgIpc) is 3.00. The number of nitrogens with zero attached hydrogens (tertiary/aromatic N) is 2. The molecule has 0 atom stereocenters. The molecule has 3 rings (SSSR count). The van der Waals surface area contributed by atoms with E-state index in [4.69, 9.17) is 4.74 Å². The van der Waals surface area contributed by atoms with Crippen molar-refractivity contribution in [2.75, 3.05) is 7.11 Å². The van der Waals surface area contributed by atoms with E-state index in [1.165, 1.54) is 11.8 Å². The minimum absolute atomic E-state index is 0.0336. The van der Waals surface area contributed by atoms with E-state index in [2.05, 4.69) is 43.4 Å². The monoisotopic (exact) mass is 398 g/mol. The summed E-state index contributed by atoms with van der Waals surface area (Å²) in [6, 6.07) is 7.31. The summed E-state index contributed by atoms with van der Waals surface area (Å²) in [5, 5.41) is 11.0. The van der Waals surface area contributed by atoms with Crippen molar-refractivity contribution in [2.24, 2.45) is 7.05 Å². The topological polar surface area (TPSA) is 85.2 Å². The molecule has 1 amide bonds. The number of amides is 1. The fourth-order valence-electron chi connectivity index (χ4n) is 4.48. The van der Waals surface area contributed by atoms with Gasteiger partial charge in [-0.25, -0.2) is 4.79 Å². The molecule has 29 heavy (non-hydrogen) atoms. The number of methoxy groups -OCH3 is 1.